The number of aliphatic hydroxyl groups excluding tert-OH is 1. The maximum absolute atomic E-state index is 11.2. The normalized spacial score (nSPS) is 11.3. The lowest BCUT2D eigenvalue weighted by molar-refractivity contribution is -0.144. The van der Waals surface area contributed by atoms with Crippen molar-refractivity contribution < 1.29 is 52.8 Å². The molecule has 13 N–H and O–H groups in total. The summed E-state index contributed by atoms with van der Waals surface area (Å²) in [6.07, 6.45) is 4.80. The molecule has 109 heavy (non-hydrogen) atoms. The molecule has 2 atom stereocenters. The highest BCUT2D eigenvalue weighted by molar-refractivity contribution is 15.0. The summed E-state index contributed by atoms with van der Waals surface area (Å²) in [5.41, 5.74) is 35.5. The van der Waals surface area contributed by atoms with Gasteiger partial charge in [0.1, 0.15) is 52.5 Å². The van der Waals surface area contributed by atoms with Gasteiger partial charge < -0.3 is 91.5 Å². The van der Waals surface area contributed by atoms with Crippen LogP contribution in [0.25, 0.3) is 15.2 Å². The second kappa shape index (κ2) is 82.7. The van der Waals surface area contributed by atoms with Crippen molar-refractivity contribution in [3.8, 4) is 12.1 Å². The van der Waals surface area contributed by atoms with Crippen LogP contribution >= 0.6 is 181 Å². The second-order valence-corrected chi connectivity index (χ2v) is 38.1. The Kier molecular flexibility index (Phi) is 93.1. The Morgan fingerprint density at radius 3 is 1.33 bits per heavy atom. The molecule has 27 nitrogen and oxygen atoms in total. The Morgan fingerprint density at radius 1 is 0.651 bits per heavy atom. The Balaban J connectivity index is -0.000000181. The monoisotopic (exact) mass is 2140 g/mol. The number of rotatable bonds is 30. The molecule has 5 heterocycles. The maximum atomic E-state index is 11.2. The average molecular weight is 2140 g/mol. The fourth-order valence-electron chi connectivity index (χ4n) is 7.23. The molecule has 1 saturated heterocycles. The molecule has 1 fully saturated rings. The number of carbonyl (C=O) groups is 5. The molecule has 5 rings (SSSR count). The summed E-state index contributed by atoms with van der Waals surface area (Å²) in [5, 5.41) is 24.5. The van der Waals surface area contributed by atoms with E-state index in [9.17, 15) is 24.0 Å². The van der Waals surface area contributed by atoms with Gasteiger partial charge in [-0.05, 0) is 141 Å². The molecule has 4 aromatic rings. The number of thiocarbonyl (C=S) groups is 3. The first-order valence-electron chi connectivity index (χ1n) is 31.5. The number of nitrogens with two attached hydrogens (primary N) is 6. The van der Waals surface area contributed by atoms with Gasteiger partial charge in [0, 0.05) is 190 Å². The SMILES string of the molecule is C.C.CCN(CC)CC.CCO.CCOC(=O)CCCN1C(=S)SC(C(N)=S)C1N.CCOC(=O)CCCN=S.CCOC(=O)CCCn1c(=S)sc2c(N)snc21.CCOC(=O)CCCn1c(N)c(C#N)sc1=S.CCOC(=O)CCCn1c(N)c(C(N)=S)sc1=S.II.S.S=S=S=S=S=S=S=S.[C-]#[N+]CC#N. The van der Waals surface area contributed by atoms with Gasteiger partial charge in [-0.3, -0.25) is 24.0 Å². The van der Waals surface area contributed by atoms with Crippen molar-refractivity contribution in [3.05, 3.63) is 33.0 Å². The molecule has 0 radical (unpaired) electrons. The molecule has 0 saturated carbocycles. The van der Waals surface area contributed by atoms with Gasteiger partial charge in [0.15, 0.2) is 17.5 Å². The lowest BCUT2D eigenvalue weighted by Crippen LogP contribution is -2.47. The van der Waals surface area contributed by atoms with E-state index >= 15 is 0 Å². The fourth-order valence-corrected chi connectivity index (χ4v) is 24.8. The number of aliphatic hydroxyl groups is 1. The molecule has 1 aliphatic rings. The van der Waals surface area contributed by atoms with E-state index in [4.69, 9.17) is 149 Å². The number of hydrogen-bond donors (Lipinski definition) is 7. The number of thioether (sulfide) groups is 1. The molecule has 0 spiro atoms. The molecule has 2 unspecified atom stereocenters. The van der Waals surface area contributed by atoms with E-state index in [1.54, 1.807) is 92.3 Å². The number of hydrogen-bond acceptors (Lipinski definition) is 34. The third-order valence-corrected chi connectivity index (χ3v) is 30.7. The lowest BCUT2D eigenvalue weighted by Gasteiger charge is -2.24. The summed E-state index contributed by atoms with van der Waals surface area (Å²) < 4.78 is 40.7. The zero-order chi connectivity index (χ0) is 82.0. The number of anilines is 3. The third-order valence-electron chi connectivity index (χ3n) is 11.8. The number of nitriles is 2. The molecule has 1 aliphatic heterocycles. The minimum atomic E-state index is -0.304. The minimum Gasteiger partial charge on any atom is -0.466 e. The van der Waals surface area contributed by atoms with Crippen LogP contribution < -0.4 is 34.4 Å². The van der Waals surface area contributed by atoms with E-state index in [2.05, 4.69) is 116 Å². The first-order valence-corrected chi connectivity index (χ1v) is 54.1. The summed E-state index contributed by atoms with van der Waals surface area (Å²) in [4.78, 5) is 64.0. The number of halogens is 2. The van der Waals surface area contributed by atoms with E-state index in [0.29, 0.717) is 174 Å². The van der Waals surface area contributed by atoms with Gasteiger partial charge in [-0.2, -0.15) is 28.4 Å². The number of aromatic nitrogens is 4. The number of carbonyl (C=O) groups excluding carboxylic acids is 5. The number of aryl methyl sites for hydroxylation is 1. The van der Waals surface area contributed by atoms with E-state index in [0.717, 1.165) is 14.3 Å². The van der Waals surface area contributed by atoms with E-state index in [-0.39, 0.29) is 87.8 Å². The van der Waals surface area contributed by atoms with Gasteiger partial charge in [0.2, 0.25) is 0 Å². The van der Waals surface area contributed by atoms with Crippen LogP contribution in [0.3, 0.4) is 0 Å². The largest absolute Gasteiger partial charge is 0.466 e. The number of fused-ring (bicyclic) bond motifs is 1. The highest BCUT2D eigenvalue weighted by atomic mass is 128. The highest BCUT2D eigenvalue weighted by Gasteiger charge is 2.37. The summed E-state index contributed by atoms with van der Waals surface area (Å²) in [7, 11) is 9.12. The van der Waals surface area contributed by atoms with Crippen LogP contribution in [0.4, 0.5) is 16.6 Å². The summed E-state index contributed by atoms with van der Waals surface area (Å²) >= 11 is 55.0. The molecular weight excluding hydrogens is 2040 g/mol. The average Bonchev–Trinajstić information content (AvgIpc) is 1.65. The smallest absolute Gasteiger partial charge is 0.305 e. The molecule has 50 heteroatoms. The van der Waals surface area contributed by atoms with Crippen molar-refractivity contribution in [3.63, 3.8) is 0 Å². The van der Waals surface area contributed by atoms with Crippen molar-refractivity contribution in [1.29, 1.82) is 10.5 Å². The van der Waals surface area contributed by atoms with Gasteiger partial charge in [0.25, 0.3) is 6.54 Å². The van der Waals surface area contributed by atoms with Crippen molar-refractivity contribution in [2.75, 3.05) is 96.1 Å². The summed E-state index contributed by atoms with van der Waals surface area (Å²) in [6.45, 7) is 31.9. The number of thiazole rings is 3. The van der Waals surface area contributed by atoms with E-state index < -0.39 is 0 Å². The van der Waals surface area contributed by atoms with Gasteiger partial charge >= 0.3 is 29.8 Å². The Morgan fingerprint density at radius 2 is 1.03 bits per heavy atom. The van der Waals surface area contributed by atoms with Crippen LogP contribution in [-0.2, 0) is 155 Å². The summed E-state index contributed by atoms with van der Waals surface area (Å²) in [5.74, 6) is -0.127. The minimum absolute atomic E-state index is 0. The lowest BCUT2D eigenvalue weighted by atomic mass is 10.2. The first-order chi connectivity index (χ1) is 50.6. The fraction of sp³-hybridized carbons (Fsp3) is 0.644. The summed E-state index contributed by atoms with van der Waals surface area (Å²) in [6, 6.07) is 3.65. The standard InChI is InChI=1S/C10H13N3O2S3.C10H17N3O2S3.C10H15N3O2S3.C10H13N3O2S2.C6H11NO2S.C6H15N.C3H2N2.C2H6O.2CH4.I2.S8.H2S/c1-2-15-6(14)4-3-5-13-9-7(17-10(13)16)8(11)18-12-9;2*1-2-15-6(14)4-3-5-13-8(11)7(9(12)16)18-10(13)17;1-2-15-8(14)4-3-5-13-9(12)7(6-11)17-10(13)16;1-2-9-6(8)4-3-5-7-10;1-4-7(5-2)6-3;1-5-3-2-4;1-2-3;;;1-2;1-3-5-7-8-6-4-2;/h2-5,11H2,1H3;7-8H,2-5,11H2,1H3,(H2,12,16);2-5,11H2,1H3,(H2,12,16);2-5,12H2,1H3;2-5H2,1H3;4-6H2,1-3H3;3H2;3H,2H2,1H3;2*1H4;;;1H2. The Labute approximate surface area is 757 Å². The highest BCUT2D eigenvalue weighted by Crippen LogP contribution is 2.32. The van der Waals surface area contributed by atoms with Crippen LogP contribution in [0.5, 0.6) is 0 Å². The molecule has 624 valence electrons. The second-order valence-electron chi connectivity index (χ2n) is 18.8. The quantitative estimate of drug-likeness (QED) is 0.00485. The van der Waals surface area contributed by atoms with E-state index in [1.165, 1.54) is 94.7 Å². The number of nitrogen functional groups attached to an aromatic ring is 3. The Bertz CT molecular complexity index is 3820. The van der Waals surface area contributed by atoms with Crippen molar-refractivity contribution >= 4 is 341 Å². The zero-order valence-corrected chi connectivity index (χ0v) is 81.9. The molecule has 4 aromatic heterocycles. The van der Waals surface area contributed by atoms with Crippen molar-refractivity contribution in [2.45, 2.75) is 172 Å². The molecular formula is C59H102I2N16O11S21. The zero-order valence-electron chi connectivity index (χ0n) is 60.2. The maximum Gasteiger partial charge on any atom is 0.305 e. The van der Waals surface area contributed by atoms with Gasteiger partial charge in [0.05, 0.1) is 56.0 Å². The predicted octanol–water partition coefficient (Wildman–Crippen LogP) is 13.3. The first kappa shape index (κ1) is 123. The van der Waals surface area contributed by atoms with Gasteiger partial charge in [-0.15, -0.1) is 11.3 Å². The van der Waals surface area contributed by atoms with Crippen LogP contribution in [0, 0.1) is 41.1 Å². The van der Waals surface area contributed by atoms with Crippen LogP contribution in [0.2, 0.25) is 0 Å². The number of nitrogens with zero attached hydrogens (tertiary/aromatic N) is 10. The number of ether oxygens (including phenoxy) is 5. The van der Waals surface area contributed by atoms with Crippen LogP contribution in [0.15, 0.2) is 4.36 Å². The van der Waals surface area contributed by atoms with Gasteiger partial charge in [-0.1, -0.05) is 107 Å². The van der Waals surface area contributed by atoms with Crippen molar-refractivity contribution in [1.82, 2.24) is 27.9 Å². The molecule has 0 bridgehead atoms. The molecule has 0 amide bonds. The molecule has 0 aliphatic carbocycles. The van der Waals surface area contributed by atoms with Crippen molar-refractivity contribution in [2.24, 2.45) is 21.6 Å². The topological polar surface area (TPSA) is 406 Å². The van der Waals surface area contributed by atoms with Gasteiger partial charge in [-0.25, -0.2) is 10.9 Å². The molecule has 0 aromatic carbocycles. The number of esters is 5. The van der Waals surface area contributed by atoms with Crippen LogP contribution in [0.1, 0.15) is 151 Å². The van der Waals surface area contributed by atoms with Crippen LogP contribution in [-0.4, -0.2) is 167 Å². The predicted molar refractivity (Wildman–Crippen MR) is 520 cm³/mol. The Hall–Kier alpha value is -1.85. The van der Waals surface area contributed by atoms with E-state index in [1.807, 2.05) is 15.5 Å². The third kappa shape index (κ3) is 60.3.